The molecule has 0 heterocycles. The zero-order chi connectivity index (χ0) is 12.3. The Morgan fingerprint density at radius 2 is 1.75 bits per heavy atom. The fourth-order valence-corrected chi connectivity index (χ4v) is 2.26. The van der Waals surface area contributed by atoms with Gasteiger partial charge in [0.25, 0.3) is 0 Å². The lowest BCUT2D eigenvalue weighted by molar-refractivity contribution is 0.171. The predicted molar refractivity (Wildman–Crippen MR) is 73.0 cm³/mol. The molecular weight excluding hydrogens is 266 g/mol. The van der Waals surface area contributed by atoms with Gasteiger partial charge in [-0.15, -0.1) is 0 Å². The van der Waals surface area contributed by atoms with E-state index in [1.54, 1.807) is 0 Å². The zero-order valence-corrected chi connectivity index (χ0v) is 12.0. The van der Waals surface area contributed by atoms with Crippen LogP contribution in [0.5, 0.6) is 0 Å². The molecule has 0 bridgehead atoms. The average molecular weight is 286 g/mol. The number of aryl methyl sites for hydroxylation is 2. The molecule has 0 atom stereocenters. The van der Waals surface area contributed by atoms with E-state index >= 15 is 0 Å². The molecule has 0 saturated carbocycles. The van der Waals surface area contributed by atoms with Gasteiger partial charge in [-0.2, -0.15) is 0 Å². The second-order valence-electron chi connectivity index (χ2n) is 5.09. The zero-order valence-electron chi connectivity index (χ0n) is 10.4. The summed E-state index contributed by atoms with van der Waals surface area (Å²) < 4.78 is 1.11. The van der Waals surface area contributed by atoms with Crippen molar-refractivity contribution in [3.05, 3.63) is 27.7 Å². The van der Waals surface area contributed by atoms with Crippen molar-refractivity contribution < 1.29 is 5.11 Å². The van der Waals surface area contributed by atoms with Gasteiger partial charge in [0.05, 0.1) is 0 Å². The van der Waals surface area contributed by atoms with Crippen LogP contribution >= 0.6 is 15.9 Å². The molecule has 3 heteroatoms. The monoisotopic (exact) mass is 285 g/mol. The smallest absolute Gasteiger partial charge is 0.0498 e. The third-order valence-electron chi connectivity index (χ3n) is 2.67. The molecule has 1 aromatic carbocycles. The Morgan fingerprint density at radius 3 is 2.19 bits per heavy atom. The van der Waals surface area contributed by atoms with Crippen LogP contribution in [0.25, 0.3) is 0 Å². The topological polar surface area (TPSA) is 32.3 Å². The Bertz CT molecular complexity index is 351. The van der Waals surface area contributed by atoms with Gasteiger partial charge >= 0.3 is 0 Å². The number of nitrogens with one attached hydrogen (secondary N) is 1. The Kier molecular flexibility index (Phi) is 4.39. The van der Waals surface area contributed by atoms with Gasteiger partial charge in [0.2, 0.25) is 0 Å². The van der Waals surface area contributed by atoms with Crippen LogP contribution in [0.2, 0.25) is 0 Å². The summed E-state index contributed by atoms with van der Waals surface area (Å²) in [6, 6.07) is 4.20. The first-order valence-corrected chi connectivity index (χ1v) is 6.26. The summed E-state index contributed by atoms with van der Waals surface area (Å²) in [6.07, 6.45) is 0. The van der Waals surface area contributed by atoms with Crippen molar-refractivity contribution >= 4 is 21.6 Å². The SMILES string of the molecule is Cc1cc(Br)cc(C)c1NCC(C)(C)CO. The van der Waals surface area contributed by atoms with E-state index in [0.29, 0.717) is 0 Å². The molecule has 90 valence electrons. The highest BCUT2D eigenvalue weighted by atomic mass is 79.9. The molecule has 1 rings (SSSR count). The van der Waals surface area contributed by atoms with Gasteiger partial charge in [0.1, 0.15) is 0 Å². The normalized spacial score (nSPS) is 11.6. The second kappa shape index (κ2) is 5.19. The fourth-order valence-electron chi connectivity index (χ4n) is 1.57. The van der Waals surface area contributed by atoms with Gasteiger partial charge in [0, 0.05) is 28.7 Å². The van der Waals surface area contributed by atoms with Crippen LogP contribution in [0.1, 0.15) is 25.0 Å². The van der Waals surface area contributed by atoms with E-state index in [0.717, 1.165) is 11.0 Å². The molecule has 1 aromatic rings. The lowest BCUT2D eigenvalue weighted by Crippen LogP contribution is -2.27. The van der Waals surface area contributed by atoms with Crippen LogP contribution in [0.4, 0.5) is 5.69 Å². The standard InChI is InChI=1S/C13H20BrNO/c1-9-5-11(14)6-10(2)12(9)15-7-13(3,4)8-16/h5-6,15-16H,7-8H2,1-4H3. The summed E-state index contributed by atoms with van der Waals surface area (Å²) in [7, 11) is 0. The molecule has 0 saturated heterocycles. The van der Waals surface area contributed by atoms with E-state index in [2.05, 4.69) is 47.2 Å². The molecule has 0 unspecified atom stereocenters. The highest BCUT2D eigenvalue weighted by Gasteiger charge is 2.16. The number of aliphatic hydroxyl groups excluding tert-OH is 1. The van der Waals surface area contributed by atoms with Crippen LogP contribution in [0, 0.1) is 19.3 Å². The number of anilines is 1. The first-order chi connectivity index (χ1) is 7.35. The molecule has 2 N–H and O–H groups in total. The molecule has 0 spiro atoms. The van der Waals surface area contributed by atoms with E-state index in [4.69, 9.17) is 0 Å². The molecule has 0 aromatic heterocycles. The molecule has 0 amide bonds. The number of benzene rings is 1. The van der Waals surface area contributed by atoms with Crippen LogP contribution in [-0.2, 0) is 0 Å². The van der Waals surface area contributed by atoms with Gasteiger partial charge in [-0.1, -0.05) is 29.8 Å². The second-order valence-corrected chi connectivity index (χ2v) is 6.01. The lowest BCUT2D eigenvalue weighted by Gasteiger charge is -2.24. The van der Waals surface area contributed by atoms with Gasteiger partial charge in [0.15, 0.2) is 0 Å². The highest BCUT2D eigenvalue weighted by molar-refractivity contribution is 9.10. The Hall–Kier alpha value is -0.540. The number of aliphatic hydroxyl groups is 1. The third-order valence-corrected chi connectivity index (χ3v) is 3.13. The van der Waals surface area contributed by atoms with Crippen molar-refractivity contribution in [1.29, 1.82) is 0 Å². The summed E-state index contributed by atoms with van der Waals surface area (Å²) >= 11 is 3.48. The molecule has 0 radical (unpaired) electrons. The summed E-state index contributed by atoms with van der Waals surface area (Å²) in [5.74, 6) is 0. The highest BCUT2D eigenvalue weighted by Crippen LogP contribution is 2.26. The number of halogens is 1. The minimum atomic E-state index is -0.0913. The first-order valence-electron chi connectivity index (χ1n) is 5.47. The first kappa shape index (κ1) is 13.5. The Labute approximate surface area is 106 Å². The molecular formula is C13H20BrNO. The van der Waals surface area contributed by atoms with Gasteiger partial charge in [-0.05, 0) is 37.1 Å². The fraction of sp³-hybridized carbons (Fsp3) is 0.538. The molecule has 0 aliphatic heterocycles. The van der Waals surface area contributed by atoms with Crippen molar-refractivity contribution in [2.45, 2.75) is 27.7 Å². The van der Waals surface area contributed by atoms with E-state index in [1.165, 1.54) is 16.8 Å². The van der Waals surface area contributed by atoms with E-state index in [1.807, 2.05) is 13.8 Å². The minimum absolute atomic E-state index is 0.0913. The quantitative estimate of drug-likeness (QED) is 0.888. The Balaban J connectivity index is 2.82. The third kappa shape index (κ3) is 3.49. The maximum atomic E-state index is 9.21. The molecule has 0 aliphatic rings. The predicted octanol–water partition coefficient (Wildman–Crippen LogP) is 3.50. The molecule has 0 aliphatic carbocycles. The summed E-state index contributed by atoms with van der Waals surface area (Å²) in [5, 5.41) is 12.6. The van der Waals surface area contributed by atoms with Crippen molar-refractivity contribution in [3.63, 3.8) is 0 Å². The molecule has 2 nitrogen and oxygen atoms in total. The van der Waals surface area contributed by atoms with Crippen molar-refractivity contribution in [3.8, 4) is 0 Å². The van der Waals surface area contributed by atoms with E-state index in [-0.39, 0.29) is 12.0 Å². The van der Waals surface area contributed by atoms with Gasteiger partial charge in [-0.25, -0.2) is 0 Å². The maximum Gasteiger partial charge on any atom is 0.0498 e. The number of hydrogen-bond acceptors (Lipinski definition) is 2. The summed E-state index contributed by atoms with van der Waals surface area (Å²) in [4.78, 5) is 0. The van der Waals surface area contributed by atoms with Crippen LogP contribution < -0.4 is 5.32 Å². The van der Waals surface area contributed by atoms with Crippen LogP contribution in [-0.4, -0.2) is 18.3 Å². The number of rotatable bonds is 4. The lowest BCUT2D eigenvalue weighted by atomic mass is 9.94. The molecule has 16 heavy (non-hydrogen) atoms. The summed E-state index contributed by atoms with van der Waals surface area (Å²) in [6.45, 7) is 9.23. The van der Waals surface area contributed by atoms with E-state index in [9.17, 15) is 5.11 Å². The maximum absolute atomic E-state index is 9.21. The summed E-state index contributed by atoms with van der Waals surface area (Å²) in [5.41, 5.74) is 3.53. The van der Waals surface area contributed by atoms with Crippen molar-refractivity contribution in [1.82, 2.24) is 0 Å². The van der Waals surface area contributed by atoms with Gasteiger partial charge in [-0.3, -0.25) is 0 Å². The molecule has 0 fully saturated rings. The largest absolute Gasteiger partial charge is 0.396 e. The van der Waals surface area contributed by atoms with Crippen molar-refractivity contribution in [2.24, 2.45) is 5.41 Å². The van der Waals surface area contributed by atoms with Crippen LogP contribution in [0.3, 0.4) is 0 Å². The Morgan fingerprint density at radius 1 is 1.25 bits per heavy atom. The van der Waals surface area contributed by atoms with Crippen molar-refractivity contribution in [2.75, 3.05) is 18.5 Å². The minimum Gasteiger partial charge on any atom is -0.396 e. The van der Waals surface area contributed by atoms with Gasteiger partial charge < -0.3 is 10.4 Å². The van der Waals surface area contributed by atoms with E-state index < -0.39 is 0 Å². The number of hydrogen-bond donors (Lipinski definition) is 2. The van der Waals surface area contributed by atoms with Crippen LogP contribution in [0.15, 0.2) is 16.6 Å². The average Bonchev–Trinajstić information content (AvgIpc) is 2.16.